The molecule has 8 nitrogen and oxygen atoms in total. The largest absolute Gasteiger partial charge is 0.480 e. The molecule has 21 heavy (non-hydrogen) atoms. The minimum absolute atomic E-state index is 0.177. The summed E-state index contributed by atoms with van der Waals surface area (Å²) in [4.78, 5) is 16.1. The SMILES string of the molecule is COc1nc(N)nc2[nH]cc(C3=Nc4ccnn4CC3)c12. The fourth-order valence-corrected chi connectivity index (χ4v) is 2.59. The Balaban J connectivity index is 1.92. The summed E-state index contributed by atoms with van der Waals surface area (Å²) in [5, 5.41) is 5.02. The molecule has 0 aliphatic carbocycles. The smallest absolute Gasteiger partial charge is 0.228 e. The predicted molar refractivity (Wildman–Crippen MR) is 77.9 cm³/mol. The number of H-pyrrole nitrogens is 1. The number of nitrogens with two attached hydrogens (primary N) is 1. The third kappa shape index (κ3) is 1.76. The number of anilines is 1. The molecule has 0 fully saturated rings. The minimum atomic E-state index is 0.177. The highest BCUT2D eigenvalue weighted by Crippen LogP contribution is 2.30. The van der Waals surface area contributed by atoms with E-state index in [0.717, 1.165) is 35.4 Å². The molecule has 1 aliphatic rings. The van der Waals surface area contributed by atoms with Crippen molar-refractivity contribution in [2.45, 2.75) is 13.0 Å². The van der Waals surface area contributed by atoms with E-state index < -0.39 is 0 Å². The standard InChI is InChI=1S/C13H13N7O/c1-21-12-10-7(6-15-11(10)18-13(14)19-12)8-3-5-20-9(17-8)2-4-16-20/h2,4,6H,3,5H2,1H3,(H3,14,15,18,19). The number of nitrogen functional groups attached to an aromatic ring is 1. The normalized spacial score (nSPS) is 14.0. The number of fused-ring (bicyclic) bond motifs is 2. The van der Waals surface area contributed by atoms with Crippen molar-refractivity contribution in [1.82, 2.24) is 24.7 Å². The first kappa shape index (κ1) is 11.9. The van der Waals surface area contributed by atoms with Crippen molar-refractivity contribution in [2.75, 3.05) is 12.8 Å². The quantitative estimate of drug-likeness (QED) is 0.736. The maximum Gasteiger partial charge on any atom is 0.228 e. The lowest BCUT2D eigenvalue weighted by molar-refractivity contribution is 0.403. The molecule has 0 atom stereocenters. The summed E-state index contributed by atoms with van der Waals surface area (Å²) >= 11 is 0. The zero-order valence-electron chi connectivity index (χ0n) is 11.4. The van der Waals surface area contributed by atoms with Gasteiger partial charge in [-0.25, -0.2) is 9.67 Å². The summed E-state index contributed by atoms with van der Waals surface area (Å²) in [7, 11) is 1.57. The molecule has 0 saturated carbocycles. The molecule has 106 valence electrons. The second-order valence-electron chi connectivity index (χ2n) is 4.74. The zero-order chi connectivity index (χ0) is 14.4. The van der Waals surface area contributed by atoms with Crippen molar-refractivity contribution >= 4 is 28.5 Å². The molecule has 1 aliphatic heterocycles. The van der Waals surface area contributed by atoms with Crippen molar-refractivity contribution in [2.24, 2.45) is 4.99 Å². The van der Waals surface area contributed by atoms with Crippen molar-refractivity contribution in [1.29, 1.82) is 0 Å². The van der Waals surface area contributed by atoms with Crippen molar-refractivity contribution < 1.29 is 4.74 Å². The first-order valence-electron chi connectivity index (χ1n) is 6.54. The maximum absolute atomic E-state index is 5.67. The molecule has 0 aromatic carbocycles. The van der Waals surface area contributed by atoms with E-state index in [1.807, 2.05) is 16.9 Å². The first-order valence-corrected chi connectivity index (χ1v) is 6.54. The van der Waals surface area contributed by atoms with E-state index >= 15 is 0 Å². The van der Waals surface area contributed by atoms with Crippen LogP contribution in [0.1, 0.15) is 12.0 Å². The van der Waals surface area contributed by atoms with Gasteiger partial charge in [0.15, 0.2) is 5.82 Å². The second kappa shape index (κ2) is 4.30. The first-order chi connectivity index (χ1) is 10.3. The molecule has 0 unspecified atom stereocenters. The van der Waals surface area contributed by atoms with Crippen LogP contribution < -0.4 is 10.5 Å². The highest BCUT2D eigenvalue weighted by molar-refractivity contribution is 6.12. The summed E-state index contributed by atoms with van der Waals surface area (Å²) in [5.74, 6) is 1.48. The summed E-state index contributed by atoms with van der Waals surface area (Å²) in [6, 6.07) is 1.89. The van der Waals surface area contributed by atoms with E-state index in [0.29, 0.717) is 11.5 Å². The van der Waals surface area contributed by atoms with Crippen LogP contribution in [0, 0.1) is 0 Å². The van der Waals surface area contributed by atoms with Crippen molar-refractivity contribution in [3.8, 4) is 5.88 Å². The number of nitrogens with zero attached hydrogens (tertiary/aromatic N) is 5. The highest BCUT2D eigenvalue weighted by atomic mass is 16.5. The van der Waals surface area contributed by atoms with Gasteiger partial charge in [0.1, 0.15) is 5.65 Å². The van der Waals surface area contributed by atoms with E-state index in [2.05, 4.69) is 25.0 Å². The van der Waals surface area contributed by atoms with Crippen LogP contribution in [0.4, 0.5) is 11.8 Å². The van der Waals surface area contributed by atoms with Gasteiger partial charge < -0.3 is 15.5 Å². The minimum Gasteiger partial charge on any atom is -0.480 e. The Morgan fingerprint density at radius 3 is 3.14 bits per heavy atom. The van der Waals surface area contributed by atoms with E-state index in [1.165, 1.54) is 0 Å². The van der Waals surface area contributed by atoms with Gasteiger partial charge in [-0.1, -0.05) is 0 Å². The fourth-order valence-electron chi connectivity index (χ4n) is 2.59. The molecule has 0 spiro atoms. The van der Waals surface area contributed by atoms with Gasteiger partial charge in [-0.15, -0.1) is 0 Å². The van der Waals surface area contributed by atoms with E-state index in [9.17, 15) is 0 Å². The van der Waals surface area contributed by atoms with Crippen LogP contribution >= 0.6 is 0 Å². The molecule has 3 aromatic heterocycles. The van der Waals surface area contributed by atoms with Crippen LogP contribution in [0.5, 0.6) is 5.88 Å². The van der Waals surface area contributed by atoms with Gasteiger partial charge in [0, 0.05) is 30.8 Å². The lowest BCUT2D eigenvalue weighted by Gasteiger charge is -2.13. The van der Waals surface area contributed by atoms with Gasteiger partial charge in [-0.05, 0) is 0 Å². The third-order valence-electron chi connectivity index (χ3n) is 3.52. The Morgan fingerprint density at radius 2 is 2.29 bits per heavy atom. The Kier molecular flexibility index (Phi) is 2.44. The van der Waals surface area contributed by atoms with Crippen molar-refractivity contribution in [3.63, 3.8) is 0 Å². The Hall–Kier alpha value is -2.90. The average Bonchev–Trinajstić information content (AvgIpc) is 3.11. The number of rotatable bonds is 2. The molecule has 0 radical (unpaired) electrons. The van der Waals surface area contributed by atoms with Gasteiger partial charge in [0.2, 0.25) is 11.8 Å². The van der Waals surface area contributed by atoms with Crippen molar-refractivity contribution in [3.05, 3.63) is 24.0 Å². The molecule has 0 saturated heterocycles. The number of aromatic nitrogens is 5. The van der Waals surface area contributed by atoms with Gasteiger partial charge in [0.05, 0.1) is 24.4 Å². The number of methoxy groups -OCH3 is 1. The number of nitrogens with one attached hydrogen (secondary N) is 1. The Bertz CT molecular complexity index is 861. The average molecular weight is 283 g/mol. The van der Waals surface area contributed by atoms with Gasteiger partial charge >= 0.3 is 0 Å². The summed E-state index contributed by atoms with van der Waals surface area (Å²) in [6.45, 7) is 0.798. The lowest BCUT2D eigenvalue weighted by atomic mass is 10.1. The fraction of sp³-hybridized carbons (Fsp3) is 0.231. The predicted octanol–water partition coefficient (Wildman–Crippen LogP) is 1.27. The van der Waals surface area contributed by atoms with Crippen LogP contribution in [-0.4, -0.2) is 37.6 Å². The summed E-state index contributed by atoms with van der Waals surface area (Å²) < 4.78 is 7.21. The molecule has 8 heteroatoms. The molecule has 3 N–H and O–H groups in total. The van der Waals surface area contributed by atoms with Crippen LogP contribution in [0.2, 0.25) is 0 Å². The number of aromatic amines is 1. The van der Waals surface area contributed by atoms with Crippen LogP contribution in [-0.2, 0) is 6.54 Å². The Morgan fingerprint density at radius 1 is 1.38 bits per heavy atom. The van der Waals surface area contributed by atoms with Gasteiger partial charge in [0.25, 0.3) is 0 Å². The molecular formula is C13H13N7O. The highest BCUT2D eigenvalue weighted by Gasteiger charge is 2.20. The van der Waals surface area contributed by atoms with E-state index in [1.54, 1.807) is 13.3 Å². The molecule has 0 amide bonds. The number of aryl methyl sites for hydroxylation is 1. The summed E-state index contributed by atoms with van der Waals surface area (Å²) in [6.07, 6.45) is 4.41. The van der Waals surface area contributed by atoms with E-state index in [4.69, 9.17) is 10.5 Å². The van der Waals surface area contributed by atoms with Crippen LogP contribution in [0.15, 0.2) is 23.5 Å². The van der Waals surface area contributed by atoms with Crippen LogP contribution in [0.3, 0.4) is 0 Å². The lowest BCUT2D eigenvalue weighted by Crippen LogP contribution is -2.13. The monoisotopic (exact) mass is 283 g/mol. The molecule has 4 heterocycles. The van der Waals surface area contributed by atoms with E-state index in [-0.39, 0.29) is 5.95 Å². The molecule has 0 bridgehead atoms. The Labute approximate surface area is 119 Å². The number of ether oxygens (including phenoxy) is 1. The zero-order valence-corrected chi connectivity index (χ0v) is 11.4. The van der Waals surface area contributed by atoms with Gasteiger partial charge in [-0.2, -0.15) is 15.1 Å². The molecule has 4 rings (SSSR count). The number of hydrogen-bond donors (Lipinski definition) is 2. The maximum atomic E-state index is 5.67. The molecule has 3 aromatic rings. The second-order valence-corrected chi connectivity index (χ2v) is 4.74. The molecular weight excluding hydrogens is 270 g/mol. The van der Waals surface area contributed by atoms with Crippen LogP contribution in [0.25, 0.3) is 11.0 Å². The topological polar surface area (TPSA) is 107 Å². The summed E-state index contributed by atoms with van der Waals surface area (Å²) in [5.41, 5.74) is 8.22. The third-order valence-corrected chi connectivity index (χ3v) is 3.52. The number of hydrogen-bond acceptors (Lipinski definition) is 6. The van der Waals surface area contributed by atoms with Gasteiger partial charge in [-0.3, -0.25) is 0 Å². The number of aliphatic imine (C=N–C) groups is 1.